The molecule has 0 saturated heterocycles. The van der Waals surface area contributed by atoms with E-state index in [0.717, 1.165) is 4.31 Å². The molecule has 0 aliphatic heterocycles. The molecule has 3 aromatic carbocycles. The summed E-state index contributed by atoms with van der Waals surface area (Å²) in [7, 11) is -2.52. The van der Waals surface area contributed by atoms with Crippen molar-refractivity contribution in [3.8, 4) is 5.75 Å². The van der Waals surface area contributed by atoms with E-state index in [2.05, 4.69) is 5.32 Å². The molecule has 30 heavy (non-hydrogen) atoms. The van der Waals surface area contributed by atoms with E-state index in [1.54, 1.807) is 42.5 Å². The molecule has 9 heteroatoms. The molecule has 0 aliphatic carbocycles. The molecule has 0 saturated carbocycles. The smallest absolute Gasteiger partial charge is 0.264 e. The Morgan fingerprint density at radius 2 is 1.70 bits per heavy atom. The first kappa shape index (κ1) is 22.0. The molecular formula is C21H18Cl2N2O4S. The van der Waals surface area contributed by atoms with Gasteiger partial charge in [-0.3, -0.25) is 9.10 Å². The van der Waals surface area contributed by atoms with Crippen molar-refractivity contribution in [3.05, 3.63) is 82.8 Å². The number of sulfonamides is 1. The van der Waals surface area contributed by atoms with Crippen LogP contribution < -0.4 is 14.4 Å². The number of hydrogen-bond donors (Lipinski definition) is 1. The van der Waals surface area contributed by atoms with E-state index in [9.17, 15) is 13.2 Å². The van der Waals surface area contributed by atoms with Crippen LogP contribution in [0.2, 0.25) is 10.0 Å². The van der Waals surface area contributed by atoms with Crippen LogP contribution in [0.4, 0.5) is 11.4 Å². The molecule has 0 unspecified atom stereocenters. The number of hydrogen-bond acceptors (Lipinski definition) is 4. The van der Waals surface area contributed by atoms with Crippen LogP contribution in [-0.4, -0.2) is 28.0 Å². The van der Waals surface area contributed by atoms with Gasteiger partial charge in [0.15, 0.2) is 0 Å². The minimum Gasteiger partial charge on any atom is -0.497 e. The zero-order chi connectivity index (χ0) is 21.7. The molecule has 0 spiro atoms. The summed E-state index contributed by atoms with van der Waals surface area (Å²) in [5, 5.41) is 3.14. The summed E-state index contributed by atoms with van der Waals surface area (Å²) in [5.74, 6) is 0.0277. The zero-order valence-electron chi connectivity index (χ0n) is 15.9. The van der Waals surface area contributed by atoms with Gasteiger partial charge in [-0.15, -0.1) is 0 Å². The van der Waals surface area contributed by atoms with E-state index < -0.39 is 22.5 Å². The Morgan fingerprint density at radius 3 is 2.37 bits per heavy atom. The lowest BCUT2D eigenvalue weighted by molar-refractivity contribution is -0.114. The van der Waals surface area contributed by atoms with Gasteiger partial charge in [-0.1, -0.05) is 47.5 Å². The Labute approximate surface area is 185 Å². The maximum Gasteiger partial charge on any atom is 0.264 e. The first-order valence-electron chi connectivity index (χ1n) is 8.78. The Balaban J connectivity index is 1.95. The van der Waals surface area contributed by atoms with Crippen molar-refractivity contribution in [1.82, 2.24) is 0 Å². The average Bonchev–Trinajstić information content (AvgIpc) is 2.74. The molecule has 156 valence electrons. The van der Waals surface area contributed by atoms with Crippen LogP contribution in [0.1, 0.15) is 0 Å². The maximum absolute atomic E-state index is 13.3. The summed E-state index contributed by atoms with van der Waals surface area (Å²) >= 11 is 12.1. The molecule has 0 bridgehead atoms. The second kappa shape index (κ2) is 9.38. The summed E-state index contributed by atoms with van der Waals surface area (Å²) < 4.78 is 32.7. The molecule has 0 heterocycles. The Bertz CT molecular complexity index is 1150. The molecule has 0 radical (unpaired) electrons. The molecule has 1 amide bonds. The topological polar surface area (TPSA) is 75.7 Å². The van der Waals surface area contributed by atoms with Crippen molar-refractivity contribution in [1.29, 1.82) is 0 Å². The number of amides is 1. The van der Waals surface area contributed by atoms with E-state index in [4.69, 9.17) is 27.9 Å². The molecule has 1 N–H and O–H groups in total. The highest BCUT2D eigenvalue weighted by Gasteiger charge is 2.27. The van der Waals surface area contributed by atoms with Crippen molar-refractivity contribution in [3.63, 3.8) is 0 Å². The van der Waals surface area contributed by atoms with Crippen molar-refractivity contribution in [2.24, 2.45) is 0 Å². The number of benzene rings is 3. The molecule has 3 aromatic rings. The number of carbonyl (C=O) groups excluding carboxylic acids is 1. The van der Waals surface area contributed by atoms with Crippen LogP contribution in [-0.2, 0) is 14.8 Å². The Morgan fingerprint density at radius 1 is 0.967 bits per heavy atom. The van der Waals surface area contributed by atoms with Gasteiger partial charge in [0.25, 0.3) is 10.0 Å². The van der Waals surface area contributed by atoms with Crippen LogP contribution in [0.5, 0.6) is 5.75 Å². The lowest BCUT2D eigenvalue weighted by atomic mass is 10.3. The lowest BCUT2D eigenvalue weighted by Crippen LogP contribution is -2.38. The lowest BCUT2D eigenvalue weighted by Gasteiger charge is -2.24. The standard InChI is InChI=1S/C21H18Cl2N2O4S/c1-29-17-7-5-6-15(12-17)24-21(26)14-25(16-10-11-19(22)20(23)13-16)30(27,28)18-8-3-2-4-9-18/h2-13H,14H2,1H3,(H,24,26). The normalized spacial score (nSPS) is 11.0. The predicted molar refractivity (Wildman–Crippen MR) is 119 cm³/mol. The van der Waals surface area contributed by atoms with Gasteiger partial charge in [0.2, 0.25) is 5.91 Å². The van der Waals surface area contributed by atoms with Crippen molar-refractivity contribution >= 4 is 50.5 Å². The molecule has 0 atom stereocenters. The highest BCUT2D eigenvalue weighted by molar-refractivity contribution is 7.92. The van der Waals surface area contributed by atoms with Gasteiger partial charge >= 0.3 is 0 Å². The number of rotatable bonds is 7. The summed E-state index contributed by atoms with van der Waals surface area (Å²) in [5.41, 5.74) is 0.694. The molecule has 0 fully saturated rings. The van der Waals surface area contributed by atoms with Gasteiger partial charge in [0.1, 0.15) is 12.3 Å². The largest absolute Gasteiger partial charge is 0.497 e. The Hall–Kier alpha value is -2.74. The second-order valence-electron chi connectivity index (χ2n) is 6.20. The second-order valence-corrected chi connectivity index (χ2v) is 8.88. The summed E-state index contributed by atoms with van der Waals surface area (Å²) in [6.45, 7) is -0.466. The van der Waals surface area contributed by atoms with E-state index in [1.807, 2.05) is 0 Å². The SMILES string of the molecule is COc1cccc(NC(=O)CN(c2ccc(Cl)c(Cl)c2)S(=O)(=O)c2ccccc2)c1. The van der Waals surface area contributed by atoms with Gasteiger partial charge in [-0.05, 0) is 42.5 Å². The van der Waals surface area contributed by atoms with Crippen LogP contribution in [0, 0.1) is 0 Å². The minimum atomic E-state index is -4.04. The maximum atomic E-state index is 13.3. The highest BCUT2D eigenvalue weighted by Crippen LogP contribution is 2.30. The third-order valence-electron chi connectivity index (χ3n) is 4.16. The van der Waals surface area contributed by atoms with Gasteiger partial charge in [0.05, 0.1) is 27.7 Å². The summed E-state index contributed by atoms with van der Waals surface area (Å²) in [4.78, 5) is 12.8. The van der Waals surface area contributed by atoms with E-state index >= 15 is 0 Å². The van der Waals surface area contributed by atoms with Gasteiger partial charge in [-0.25, -0.2) is 8.42 Å². The molecule has 6 nitrogen and oxygen atoms in total. The first-order valence-corrected chi connectivity index (χ1v) is 11.0. The number of nitrogens with zero attached hydrogens (tertiary/aromatic N) is 1. The quantitative estimate of drug-likeness (QED) is 0.542. The third-order valence-corrected chi connectivity index (χ3v) is 6.69. The number of methoxy groups -OCH3 is 1. The number of anilines is 2. The summed E-state index contributed by atoms with van der Waals surface area (Å²) in [6, 6.07) is 19.0. The van der Waals surface area contributed by atoms with E-state index in [-0.39, 0.29) is 20.6 Å². The average molecular weight is 465 g/mol. The highest BCUT2D eigenvalue weighted by atomic mass is 35.5. The van der Waals surface area contributed by atoms with E-state index in [1.165, 1.54) is 37.4 Å². The van der Waals surface area contributed by atoms with E-state index in [0.29, 0.717) is 11.4 Å². The van der Waals surface area contributed by atoms with Crippen molar-refractivity contribution in [2.75, 3.05) is 23.3 Å². The fourth-order valence-electron chi connectivity index (χ4n) is 2.71. The van der Waals surface area contributed by atoms with Crippen LogP contribution in [0.3, 0.4) is 0 Å². The van der Waals surface area contributed by atoms with Crippen molar-refractivity contribution < 1.29 is 17.9 Å². The number of ether oxygens (including phenoxy) is 1. The van der Waals surface area contributed by atoms with Gasteiger partial charge in [0, 0.05) is 11.8 Å². The Kier molecular flexibility index (Phi) is 6.87. The zero-order valence-corrected chi connectivity index (χ0v) is 18.2. The number of nitrogens with one attached hydrogen (secondary N) is 1. The third kappa shape index (κ3) is 5.05. The monoisotopic (exact) mass is 464 g/mol. The van der Waals surface area contributed by atoms with Crippen LogP contribution >= 0.6 is 23.2 Å². The molecular weight excluding hydrogens is 447 g/mol. The molecule has 0 aliphatic rings. The number of halogens is 2. The first-order chi connectivity index (χ1) is 14.3. The van der Waals surface area contributed by atoms with Crippen LogP contribution in [0.15, 0.2) is 77.7 Å². The van der Waals surface area contributed by atoms with Gasteiger partial charge in [-0.2, -0.15) is 0 Å². The predicted octanol–water partition coefficient (Wildman–Crippen LogP) is 4.84. The number of carbonyl (C=O) groups is 1. The minimum absolute atomic E-state index is 0.0465. The van der Waals surface area contributed by atoms with Crippen molar-refractivity contribution in [2.45, 2.75) is 4.90 Å². The molecule has 3 rings (SSSR count). The van der Waals surface area contributed by atoms with Gasteiger partial charge < -0.3 is 10.1 Å². The summed E-state index contributed by atoms with van der Waals surface area (Å²) in [6.07, 6.45) is 0. The fourth-order valence-corrected chi connectivity index (χ4v) is 4.43. The fraction of sp³-hybridized carbons (Fsp3) is 0.0952. The molecule has 0 aromatic heterocycles. The van der Waals surface area contributed by atoms with Crippen LogP contribution in [0.25, 0.3) is 0 Å².